The van der Waals surface area contributed by atoms with Crippen LogP contribution in [-0.4, -0.2) is 82.5 Å². The Morgan fingerprint density at radius 1 is 1.21 bits per heavy atom. The molecule has 38 heavy (non-hydrogen) atoms. The van der Waals surface area contributed by atoms with Crippen LogP contribution in [0, 0.1) is 5.82 Å². The van der Waals surface area contributed by atoms with Gasteiger partial charge in [0.15, 0.2) is 23.1 Å². The lowest BCUT2D eigenvalue weighted by molar-refractivity contribution is -0.0393. The number of rotatable bonds is 8. The molecule has 1 atom stereocenters. The van der Waals surface area contributed by atoms with Gasteiger partial charge < -0.3 is 29.6 Å². The molecule has 3 aromatic rings. The fraction of sp³-hybridized carbons (Fsp3) is 0.593. The smallest absolute Gasteiger partial charge is 0.321 e. The van der Waals surface area contributed by atoms with Gasteiger partial charge in [0.1, 0.15) is 6.23 Å². The Kier molecular flexibility index (Phi) is 8.43. The molecule has 2 fully saturated rings. The summed E-state index contributed by atoms with van der Waals surface area (Å²) in [6.45, 7) is 3.43. The third kappa shape index (κ3) is 6.27. The molecule has 2 N–H and O–H groups in total. The van der Waals surface area contributed by atoms with E-state index in [-0.39, 0.29) is 18.0 Å². The number of amides is 2. The van der Waals surface area contributed by atoms with Crippen molar-refractivity contribution >= 4 is 22.8 Å². The number of carbonyl (C=O) groups is 1. The molecule has 5 rings (SSSR count). The highest BCUT2D eigenvalue weighted by molar-refractivity contribution is 5.93. The Bertz CT molecular complexity index is 1230. The van der Waals surface area contributed by atoms with Crippen LogP contribution in [0.3, 0.4) is 0 Å². The normalized spacial score (nSPS) is 18.6. The average molecular weight is 528 g/mol. The number of fused-ring (bicyclic) bond motifs is 1. The monoisotopic (exact) mass is 527 g/mol. The molecule has 2 saturated heterocycles. The lowest BCUT2D eigenvalue weighted by atomic mass is 10.2. The lowest BCUT2D eigenvalue weighted by Gasteiger charge is -2.22. The number of nitrogens with zero attached hydrogens (tertiary/aromatic N) is 5. The summed E-state index contributed by atoms with van der Waals surface area (Å²) >= 11 is 0. The second-order valence-corrected chi connectivity index (χ2v) is 10.4. The van der Waals surface area contributed by atoms with Gasteiger partial charge in [0.2, 0.25) is 0 Å². The molecule has 2 aromatic heterocycles. The van der Waals surface area contributed by atoms with Gasteiger partial charge in [-0.1, -0.05) is 12.8 Å². The first-order chi connectivity index (χ1) is 18.5. The number of likely N-dealkylation sites (tertiary alicyclic amines) is 1. The standard InChI is InChI=1S/C27H38FN7O3/c1-33(2)11-9-15-37-23-17-21-20(16-19(23)28)29-26(30-21)25-22(18-35(32-25)24-10-5-8-14-38-24)31-27(36)34-12-6-3-4-7-13-34/h16-18,24H,3-15H2,1-2H3,(H,29,30)(H,31,36). The summed E-state index contributed by atoms with van der Waals surface area (Å²) < 4.78 is 28.2. The maximum atomic E-state index is 14.8. The van der Waals surface area contributed by atoms with E-state index >= 15 is 0 Å². The van der Waals surface area contributed by atoms with E-state index in [0.717, 1.165) is 71.0 Å². The predicted octanol–water partition coefficient (Wildman–Crippen LogP) is 5.00. The Morgan fingerprint density at radius 2 is 2.03 bits per heavy atom. The average Bonchev–Trinajstić information content (AvgIpc) is 3.40. The number of urea groups is 1. The molecule has 0 aliphatic carbocycles. The number of ether oxygens (including phenoxy) is 2. The van der Waals surface area contributed by atoms with Crippen LogP contribution in [0.4, 0.5) is 14.9 Å². The van der Waals surface area contributed by atoms with E-state index in [1.54, 1.807) is 10.7 Å². The van der Waals surface area contributed by atoms with Gasteiger partial charge in [-0.2, -0.15) is 5.10 Å². The van der Waals surface area contributed by atoms with Crippen molar-refractivity contribution in [3.8, 4) is 17.3 Å². The highest BCUT2D eigenvalue weighted by Gasteiger charge is 2.25. The number of carbonyl (C=O) groups excluding carboxylic acids is 1. The van der Waals surface area contributed by atoms with Crippen molar-refractivity contribution in [2.75, 3.05) is 52.3 Å². The fourth-order valence-corrected chi connectivity index (χ4v) is 5.00. The molecule has 0 spiro atoms. The number of nitrogens with one attached hydrogen (secondary N) is 2. The van der Waals surface area contributed by atoms with Crippen molar-refractivity contribution in [3.63, 3.8) is 0 Å². The molecule has 1 aromatic carbocycles. The van der Waals surface area contributed by atoms with Crippen molar-refractivity contribution in [3.05, 3.63) is 24.1 Å². The summed E-state index contributed by atoms with van der Waals surface area (Å²) in [5.41, 5.74) is 2.14. The van der Waals surface area contributed by atoms with Gasteiger partial charge in [-0.25, -0.2) is 18.9 Å². The van der Waals surface area contributed by atoms with E-state index in [1.165, 1.54) is 6.07 Å². The van der Waals surface area contributed by atoms with E-state index in [9.17, 15) is 9.18 Å². The van der Waals surface area contributed by atoms with Crippen LogP contribution in [0.15, 0.2) is 18.3 Å². The van der Waals surface area contributed by atoms with Gasteiger partial charge in [0.25, 0.3) is 0 Å². The number of H-pyrrole nitrogens is 1. The van der Waals surface area contributed by atoms with E-state index < -0.39 is 5.82 Å². The number of aromatic nitrogens is 4. The molecular formula is C27H38FN7O3. The minimum Gasteiger partial charge on any atom is -0.490 e. The van der Waals surface area contributed by atoms with Crippen molar-refractivity contribution < 1.29 is 18.7 Å². The lowest BCUT2D eigenvalue weighted by Crippen LogP contribution is -2.35. The van der Waals surface area contributed by atoms with Crippen LogP contribution in [0.2, 0.25) is 0 Å². The van der Waals surface area contributed by atoms with E-state index in [0.29, 0.717) is 41.5 Å². The molecule has 2 aliphatic rings. The van der Waals surface area contributed by atoms with Gasteiger partial charge in [-0.3, -0.25) is 0 Å². The molecule has 0 bridgehead atoms. The molecule has 206 valence electrons. The molecule has 2 amide bonds. The van der Waals surface area contributed by atoms with Crippen LogP contribution in [-0.2, 0) is 4.74 Å². The summed E-state index contributed by atoms with van der Waals surface area (Å²) in [7, 11) is 3.98. The van der Waals surface area contributed by atoms with Crippen LogP contribution < -0.4 is 10.1 Å². The number of aromatic amines is 1. The zero-order chi connectivity index (χ0) is 26.5. The second-order valence-electron chi connectivity index (χ2n) is 10.4. The van der Waals surface area contributed by atoms with Crippen molar-refractivity contribution in [1.29, 1.82) is 0 Å². The van der Waals surface area contributed by atoms with Gasteiger partial charge in [-0.05, 0) is 52.6 Å². The Labute approximate surface area is 222 Å². The summed E-state index contributed by atoms with van der Waals surface area (Å²) in [5.74, 6) is 0.170. The van der Waals surface area contributed by atoms with Crippen LogP contribution >= 0.6 is 0 Å². The van der Waals surface area contributed by atoms with Crippen molar-refractivity contribution in [2.24, 2.45) is 0 Å². The third-order valence-corrected chi connectivity index (χ3v) is 7.08. The third-order valence-electron chi connectivity index (χ3n) is 7.08. The topological polar surface area (TPSA) is 101 Å². The van der Waals surface area contributed by atoms with Gasteiger partial charge in [0.05, 0.1) is 29.5 Å². The highest BCUT2D eigenvalue weighted by atomic mass is 19.1. The Morgan fingerprint density at radius 3 is 2.76 bits per heavy atom. The quantitative estimate of drug-likeness (QED) is 0.400. The van der Waals surface area contributed by atoms with Crippen molar-refractivity contribution in [1.82, 2.24) is 29.5 Å². The largest absolute Gasteiger partial charge is 0.490 e. The molecular weight excluding hydrogens is 489 g/mol. The molecule has 0 radical (unpaired) electrons. The first kappa shape index (κ1) is 26.4. The summed E-state index contributed by atoms with van der Waals surface area (Å²) in [4.78, 5) is 25.0. The highest BCUT2D eigenvalue weighted by Crippen LogP contribution is 2.32. The zero-order valence-corrected chi connectivity index (χ0v) is 22.3. The van der Waals surface area contributed by atoms with Crippen LogP contribution in [0.25, 0.3) is 22.6 Å². The van der Waals surface area contributed by atoms with E-state index in [1.807, 2.05) is 25.2 Å². The summed E-state index contributed by atoms with van der Waals surface area (Å²) in [6.07, 6.45) is 9.62. The minimum atomic E-state index is -0.462. The molecule has 1 unspecified atom stereocenters. The number of halogens is 1. The minimum absolute atomic E-state index is 0.146. The number of benzene rings is 1. The molecule has 0 saturated carbocycles. The Balaban J connectivity index is 1.41. The van der Waals surface area contributed by atoms with Gasteiger partial charge >= 0.3 is 6.03 Å². The number of anilines is 1. The molecule has 10 nitrogen and oxygen atoms in total. The first-order valence-corrected chi connectivity index (χ1v) is 13.7. The van der Waals surface area contributed by atoms with Gasteiger partial charge in [-0.15, -0.1) is 0 Å². The number of imidazole rings is 1. The van der Waals surface area contributed by atoms with Crippen molar-refractivity contribution in [2.45, 2.75) is 57.6 Å². The number of hydrogen-bond donors (Lipinski definition) is 2. The number of hydrogen-bond acceptors (Lipinski definition) is 6. The van der Waals surface area contributed by atoms with Crippen LogP contribution in [0.1, 0.15) is 57.6 Å². The predicted molar refractivity (Wildman–Crippen MR) is 144 cm³/mol. The van der Waals surface area contributed by atoms with Gasteiger partial charge in [0, 0.05) is 38.4 Å². The molecule has 4 heterocycles. The SMILES string of the molecule is CN(C)CCCOc1cc2[nH]c(-c3nn(C4CCCCO4)cc3NC(=O)N3CCCCCC3)nc2cc1F. The molecule has 2 aliphatic heterocycles. The molecule has 11 heteroatoms. The van der Waals surface area contributed by atoms with Crippen LogP contribution in [0.5, 0.6) is 5.75 Å². The Hall–Kier alpha value is -3.18. The maximum Gasteiger partial charge on any atom is 0.321 e. The summed E-state index contributed by atoms with van der Waals surface area (Å²) in [5, 5.41) is 7.84. The summed E-state index contributed by atoms with van der Waals surface area (Å²) in [6, 6.07) is 2.86. The zero-order valence-electron chi connectivity index (χ0n) is 22.3. The van der Waals surface area contributed by atoms with E-state index in [2.05, 4.69) is 20.2 Å². The maximum absolute atomic E-state index is 14.8. The fourth-order valence-electron chi connectivity index (χ4n) is 5.00. The van der Waals surface area contributed by atoms with E-state index in [4.69, 9.17) is 14.6 Å². The second kappa shape index (κ2) is 12.1. The first-order valence-electron chi connectivity index (χ1n) is 13.7.